The highest BCUT2D eigenvalue weighted by atomic mass is 16.5. The van der Waals surface area contributed by atoms with Gasteiger partial charge in [-0.2, -0.15) is 5.10 Å². The van der Waals surface area contributed by atoms with Crippen molar-refractivity contribution in [2.24, 2.45) is 10.8 Å². The average Bonchev–Trinajstić information content (AvgIpc) is 3.00. The lowest BCUT2D eigenvalue weighted by Gasteiger charge is -2.24. The molecule has 0 aliphatic carbocycles. The van der Waals surface area contributed by atoms with Crippen LogP contribution in [-0.2, 0) is 0 Å². The van der Waals surface area contributed by atoms with Crippen LogP contribution in [0.25, 0.3) is 0 Å². The molecule has 22 heavy (non-hydrogen) atoms. The second kappa shape index (κ2) is 6.20. The van der Waals surface area contributed by atoms with Gasteiger partial charge < -0.3 is 10.5 Å². The van der Waals surface area contributed by atoms with Crippen LogP contribution in [0.3, 0.4) is 0 Å². The molecule has 2 aromatic rings. The topological polar surface area (TPSA) is 50.8 Å². The molecule has 0 aromatic heterocycles. The summed E-state index contributed by atoms with van der Waals surface area (Å²) in [6.07, 6.45) is 0.858. The fraction of sp³-hybridized carbons (Fsp3) is 0.278. The van der Waals surface area contributed by atoms with E-state index in [2.05, 4.69) is 36.2 Å². The Hall–Kier alpha value is -2.33. The zero-order chi connectivity index (χ0) is 15.5. The molecule has 3 rings (SSSR count). The van der Waals surface area contributed by atoms with Gasteiger partial charge in [0.2, 0.25) is 0 Å². The van der Waals surface area contributed by atoms with Gasteiger partial charge in [0.25, 0.3) is 0 Å². The van der Waals surface area contributed by atoms with E-state index in [1.54, 1.807) is 7.11 Å². The minimum atomic E-state index is 0.186. The number of hydrogen-bond donors (Lipinski definition) is 1. The maximum Gasteiger partial charge on any atom is 0.120 e. The minimum Gasteiger partial charge on any atom is -0.497 e. The van der Waals surface area contributed by atoms with E-state index in [4.69, 9.17) is 15.6 Å². The van der Waals surface area contributed by atoms with Crippen LogP contribution in [0.2, 0.25) is 0 Å². The zero-order valence-corrected chi connectivity index (χ0v) is 13.0. The molecule has 0 radical (unpaired) electrons. The van der Waals surface area contributed by atoms with E-state index in [1.165, 1.54) is 11.1 Å². The highest BCUT2D eigenvalue weighted by Crippen LogP contribution is 2.36. The zero-order valence-electron chi connectivity index (χ0n) is 13.0. The molecule has 0 amide bonds. The van der Waals surface area contributed by atoms with Crippen molar-refractivity contribution in [2.45, 2.75) is 19.4 Å². The summed E-state index contributed by atoms with van der Waals surface area (Å²) in [6.45, 7) is 2.59. The van der Waals surface area contributed by atoms with Crippen molar-refractivity contribution < 1.29 is 4.74 Å². The van der Waals surface area contributed by atoms with Crippen LogP contribution in [0.4, 0.5) is 5.69 Å². The Morgan fingerprint density at radius 2 is 2.00 bits per heavy atom. The number of hydrogen-bond acceptors (Lipinski definition) is 4. The minimum absolute atomic E-state index is 0.186. The summed E-state index contributed by atoms with van der Waals surface area (Å²) in [6, 6.07) is 16.8. The Labute approximate surface area is 131 Å². The van der Waals surface area contributed by atoms with E-state index >= 15 is 0 Å². The van der Waals surface area contributed by atoms with Gasteiger partial charge in [0.15, 0.2) is 0 Å². The van der Waals surface area contributed by atoms with Gasteiger partial charge in [-0.1, -0.05) is 35.9 Å². The van der Waals surface area contributed by atoms with Crippen LogP contribution in [0.15, 0.2) is 53.6 Å². The van der Waals surface area contributed by atoms with Crippen LogP contribution in [0.5, 0.6) is 5.75 Å². The summed E-state index contributed by atoms with van der Waals surface area (Å²) in [5.74, 6) is 0.830. The molecule has 0 bridgehead atoms. The van der Waals surface area contributed by atoms with Crippen molar-refractivity contribution in [1.29, 1.82) is 0 Å². The lowest BCUT2D eigenvalue weighted by molar-refractivity contribution is 0.414. The summed E-state index contributed by atoms with van der Waals surface area (Å²) >= 11 is 0. The summed E-state index contributed by atoms with van der Waals surface area (Å²) in [7, 11) is 1.68. The Morgan fingerprint density at radius 3 is 2.68 bits per heavy atom. The van der Waals surface area contributed by atoms with Crippen LogP contribution in [-0.4, -0.2) is 19.4 Å². The van der Waals surface area contributed by atoms with Gasteiger partial charge in [0.05, 0.1) is 24.6 Å². The van der Waals surface area contributed by atoms with Crippen molar-refractivity contribution in [2.75, 3.05) is 18.7 Å². The molecule has 1 unspecified atom stereocenters. The standard InChI is InChI=1S/C18H21N3O/c1-13-6-8-14(9-7-13)18-10-15(12-19)20-21(18)16-4-3-5-17(11-16)22-2/h3-9,11,18H,10,12,19H2,1-2H3. The van der Waals surface area contributed by atoms with Crippen molar-refractivity contribution in [3.8, 4) is 5.75 Å². The third-order valence-electron chi connectivity index (χ3n) is 3.99. The molecule has 1 heterocycles. The van der Waals surface area contributed by atoms with Crippen LogP contribution < -0.4 is 15.5 Å². The number of nitrogens with zero attached hydrogens (tertiary/aromatic N) is 2. The summed E-state index contributed by atoms with van der Waals surface area (Å²) < 4.78 is 5.32. The molecule has 1 aliphatic heterocycles. The number of hydrazone groups is 1. The van der Waals surface area contributed by atoms with E-state index < -0.39 is 0 Å². The molecule has 0 fully saturated rings. The molecule has 4 nitrogen and oxygen atoms in total. The van der Waals surface area contributed by atoms with E-state index in [1.807, 2.05) is 24.3 Å². The number of ether oxygens (including phenoxy) is 1. The maximum atomic E-state index is 5.81. The number of methoxy groups -OCH3 is 1. The van der Waals surface area contributed by atoms with Gasteiger partial charge in [0.1, 0.15) is 5.75 Å². The SMILES string of the molecule is COc1cccc(N2N=C(CN)CC2c2ccc(C)cc2)c1. The molecule has 1 atom stereocenters. The quantitative estimate of drug-likeness (QED) is 0.942. The monoisotopic (exact) mass is 295 g/mol. The fourth-order valence-corrected chi connectivity index (χ4v) is 2.74. The van der Waals surface area contributed by atoms with Gasteiger partial charge >= 0.3 is 0 Å². The summed E-state index contributed by atoms with van der Waals surface area (Å²) in [5, 5.41) is 6.75. The Balaban J connectivity index is 1.97. The van der Waals surface area contributed by atoms with Gasteiger partial charge in [0, 0.05) is 19.0 Å². The highest BCUT2D eigenvalue weighted by molar-refractivity contribution is 5.90. The Morgan fingerprint density at radius 1 is 1.23 bits per heavy atom. The molecule has 2 aromatic carbocycles. The van der Waals surface area contributed by atoms with Gasteiger partial charge in [-0.3, -0.25) is 5.01 Å². The second-order valence-electron chi connectivity index (χ2n) is 5.55. The predicted octanol–water partition coefficient (Wildman–Crippen LogP) is 3.27. The smallest absolute Gasteiger partial charge is 0.120 e. The number of rotatable bonds is 4. The largest absolute Gasteiger partial charge is 0.497 e. The van der Waals surface area contributed by atoms with Crippen LogP contribution in [0, 0.1) is 6.92 Å². The van der Waals surface area contributed by atoms with Gasteiger partial charge in [-0.25, -0.2) is 0 Å². The maximum absolute atomic E-state index is 5.81. The first-order chi connectivity index (χ1) is 10.7. The Bertz CT molecular complexity index is 679. The second-order valence-corrected chi connectivity index (χ2v) is 5.55. The predicted molar refractivity (Wildman–Crippen MR) is 90.5 cm³/mol. The van der Waals surface area contributed by atoms with E-state index in [9.17, 15) is 0 Å². The van der Waals surface area contributed by atoms with Crippen molar-refractivity contribution in [3.05, 3.63) is 59.7 Å². The van der Waals surface area contributed by atoms with Crippen LogP contribution in [0.1, 0.15) is 23.6 Å². The van der Waals surface area contributed by atoms with Gasteiger partial charge in [-0.05, 0) is 24.6 Å². The van der Waals surface area contributed by atoms with Crippen molar-refractivity contribution in [3.63, 3.8) is 0 Å². The molecule has 1 aliphatic rings. The average molecular weight is 295 g/mol. The number of benzene rings is 2. The molecular formula is C18H21N3O. The number of anilines is 1. The number of aryl methyl sites for hydroxylation is 1. The van der Waals surface area contributed by atoms with Crippen molar-refractivity contribution in [1.82, 2.24) is 0 Å². The first-order valence-electron chi connectivity index (χ1n) is 7.47. The first-order valence-corrected chi connectivity index (χ1v) is 7.47. The lowest BCUT2D eigenvalue weighted by atomic mass is 10.0. The van der Waals surface area contributed by atoms with Crippen LogP contribution >= 0.6 is 0 Å². The van der Waals surface area contributed by atoms with E-state index in [0.717, 1.165) is 23.6 Å². The van der Waals surface area contributed by atoms with E-state index in [-0.39, 0.29) is 6.04 Å². The molecular weight excluding hydrogens is 274 g/mol. The molecule has 0 saturated heterocycles. The highest BCUT2D eigenvalue weighted by Gasteiger charge is 2.28. The summed E-state index contributed by atoms with van der Waals surface area (Å²) in [5.41, 5.74) is 10.4. The normalized spacial score (nSPS) is 17.5. The molecule has 2 N–H and O–H groups in total. The molecule has 0 spiro atoms. The number of nitrogens with two attached hydrogens (primary N) is 1. The Kier molecular flexibility index (Phi) is 4.11. The first kappa shape index (κ1) is 14.6. The van der Waals surface area contributed by atoms with Crippen molar-refractivity contribution >= 4 is 11.4 Å². The lowest BCUT2D eigenvalue weighted by Crippen LogP contribution is -2.18. The third-order valence-corrected chi connectivity index (χ3v) is 3.99. The molecule has 4 heteroatoms. The molecule has 114 valence electrons. The molecule has 0 saturated carbocycles. The van der Waals surface area contributed by atoms with Gasteiger partial charge in [-0.15, -0.1) is 0 Å². The third kappa shape index (κ3) is 2.83. The summed E-state index contributed by atoms with van der Waals surface area (Å²) in [4.78, 5) is 0. The van der Waals surface area contributed by atoms with E-state index in [0.29, 0.717) is 6.54 Å². The fourth-order valence-electron chi connectivity index (χ4n) is 2.74.